The number of hydrogen-bond donors (Lipinski definition) is 0. The van der Waals surface area contributed by atoms with Crippen molar-refractivity contribution in [1.82, 2.24) is 15.0 Å². The quantitative estimate of drug-likeness (QED) is 0.158. The average Bonchev–Trinajstić information content (AvgIpc) is 3.79. The van der Waals surface area contributed by atoms with Gasteiger partial charge in [-0.1, -0.05) is 182 Å². The molecule has 0 spiro atoms. The van der Waals surface area contributed by atoms with E-state index in [1.54, 1.807) is 0 Å². The van der Waals surface area contributed by atoms with E-state index in [9.17, 15) is 5.48 Å². The fraction of sp³-hybridized carbons (Fsp3) is 0. The van der Waals surface area contributed by atoms with Gasteiger partial charge in [-0.3, -0.25) is 0 Å². The Morgan fingerprint density at radius 3 is 1.52 bits per heavy atom. The summed E-state index contributed by atoms with van der Waals surface area (Å²) in [6, 6.07) is 56.2. The number of benzene rings is 10. The Hall–Kier alpha value is -8.21. The van der Waals surface area contributed by atoms with Gasteiger partial charge in [0, 0.05) is 27.5 Å². The third-order valence-corrected chi connectivity index (χ3v) is 11.4. The highest BCUT2D eigenvalue weighted by Gasteiger charge is 2.18. The lowest BCUT2D eigenvalue weighted by Gasteiger charge is -2.12. The smallest absolute Gasteiger partial charge is 0.164 e. The first kappa shape index (κ1) is 29.1. The van der Waals surface area contributed by atoms with Crippen molar-refractivity contribution in [2.45, 2.75) is 0 Å². The van der Waals surface area contributed by atoms with Gasteiger partial charge >= 0.3 is 0 Å². The molecular weight excluding hydrogens is 743 g/mol. The summed E-state index contributed by atoms with van der Waals surface area (Å²) in [5.74, 6) is 0.625. The molecule has 4 heteroatoms. The molecule has 2 aromatic heterocycles. The lowest BCUT2D eigenvalue weighted by molar-refractivity contribution is 0.669. The van der Waals surface area contributed by atoms with Crippen molar-refractivity contribution in [2.75, 3.05) is 0 Å². The Kier molecular flexibility index (Phi) is 6.80. The van der Waals surface area contributed by atoms with Gasteiger partial charge in [-0.05, 0) is 96.0 Å². The topological polar surface area (TPSA) is 51.8 Å². The van der Waals surface area contributed by atoms with E-state index in [2.05, 4.69) is 24.3 Å². The fourth-order valence-corrected chi connectivity index (χ4v) is 8.50. The first-order chi connectivity index (χ1) is 32.7. The monoisotopic (exact) mass is 783 g/mol. The highest BCUT2D eigenvalue weighted by molar-refractivity contribution is 6.26. The van der Waals surface area contributed by atoms with E-state index in [4.69, 9.17) is 22.1 Å². The van der Waals surface area contributed by atoms with Crippen LogP contribution in [-0.2, 0) is 0 Å². The van der Waals surface area contributed by atoms with E-state index in [0.717, 1.165) is 54.6 Å². The summed E-state index contributed by atoms with van der Waals surface area (Å²) in [6.07, 6.45) is 0. The molecule has 0 bridgehead atoms. The summed E-state index contributed by atoms with van der Waals surface area (Å²) in [5.41, 5.74) is 6.12. The molecule has 0 fully saturated rings. The summed E-state index contributed by atoms with van der Waals surface area (Å²) >= 11 is 0. The molecule has 0 saturated heterocycles. The van der Waals surface area contributed by atoms with Gasteiger partial charge in [0.1, 0.15) is 11.2 Å². The Bertz CT molecular complexity index is 3950. The number of fused-ring (bicyclic) bond motifs is 9. The molecular formula is C57H35N3O. The van der Waals surface area contributed by atoms with Crippen LogP contribution in [0.25, 0.3) is 122 Å². The minimum absolute atomic E-state index is 0.00502. The third kappa shape index (κ3) is 6.04. The summed E-state index contributed by atoms with van der Waals surface area (Å²) in [6.45, 7) is 0. The molecule has 10 aromatic carbocycles. The minimum atomic E-state index is -0.350. The number of rotatable bonds is 6. The molecule has 12 rings (SSSR count). The highest BCUT2D eigenvalue weighted by atomic mass is 16.3. The van der Waals surface area contributed by atoms with Crippen molar-refractivity contribution in [3.63, 3.8) is 0 Å². The molecule has 2 heterocycles. The van der Waals surface area contributed by atoms with Gasteiger partial charge in [0.25, 0.3) is 0 Å². The summed E-state index contributed by atoms with van der Waals surface area (Å²) in [5, 5.41) is 6.59. The number of hydrogen-bond acceptors (Lipinski definition) is 4. The van der Waals surface area contributed by atoms with E-state index in [-0.39, 0.29) is 75.1 Å². The molecule has 0 atom stereocenters. The third-order valence-electron chi connectivity index (χ3n) is 11.4. The van der Waals surface area contributed by atoms with Crippen molar-refractivity contribution >= 4 is 54.3 Å². The Morgan fingerprint density at radius 1 is 0.328 bits per heavy atom. The van der Waals surface area contributed by atoms with Crippen LogP contribution in [0.1, 0.15) is 8.22 Å². The molecule has 61 heavy (non-hydrogen) atoms. The van der Waals surface area contributed by atoms with Crippen LogP contribution in [0.5, 0.6) is 0 Å². The maximum atomic E-state index is 9.74. The summed E-state index contributed by atoms with van der Waals surface area (Å²) in [7, 11) is 0. The van der Waals surface area contributed by atoms with E-state index in [1.165, 1.54) is 0 Å². The molecule has 0 amide bonds. The van der Waals surface area contributed by atoms with Crippen LogP contribution in [0.3, 0.4) is 0 Å². The number of furan rings is 1. The number of nitrogens with zero attached hydrogens (tertiary/aromatic N) is 3. The molecule has 0 aliphatic carbocycles. The molecule has 0 aliphatic rings. The zero-order chi connectivity index (χ0) is 45.5. The first-order valence-corrected chi connectivity index (χ1v) is 20.1. The SMILES string of the molecule is [2H]c1c([2H])c(-c2ccc3c4ccccc4c4ccccc4c3c2)c2c(oc3c([2H])c(-c4nc(-c5ccc(-c6ccccc6)cc5)nc(-c5cccc(-c6ccccc6)c5)n4)c([2H])c([2H])c32)c1[2H]. The second kappa shape index (κ2) is 14.3. The van der Waals surface area contributed by atoms with Crippen LogP contribution < -0.4 is 0 Å². The summed E-state index contributed by atoms with van der Waals surface area (Å²) in [4.78, 5) is 14.8. The molecule has 0 aliphatic heterocycles. The Labute approximate surface area is 360 Å². The average molecular weight is 784 g/mol. The predicted octanol–water partition coefficient (Wildman–Crippen LogP) is 15.2. The molecule has 4 nitrogen and oxygen atoms in total. The molecule has 0 radical (unpaired) electrons. The Balaban J connectivity index is 1.08. The van der Waals surface area contributed by atoms with Crippen LogP contribution in [0, 0.1) is 0 Å². The first-order valence-electron chi connectivity index (χ1n) is 23.1. The minimum Gasteiger partial charge on any atom is -0.456 e. The van der Waals surface area contributed by atoms with Gasteiger partial charge in [0.2, 0.25) is 0 Å². The molecule has 284 valence electrons. The zero-order valence-electron chi connectivity index (χ0n) is 38.5. The number of aromatic nitrogens is 3. The van der Waals surface area contributed by atoms with Gasteiger partial charge < -0.3 is 4.42 Å². The van der Waals surface area contributed by atoms with Crippen LogP contribution >= 0.6 is 0 Å². The fourth-order valence-electron chi connectivity index (χ4n) is 8.50. The van der Waals surface area contributed by atoms with E-state index < -0.39 is 0 Å². The predicted molar refractivity (Wildman–Crippen MR) is 252 cm³/mol. The molecule has 0 unspecified atom stereocenters. The van der Waals surface area contributed by atoms with Crippen molar-refractivity contribution in [1.29, 1.82) is 0 Å². The van der Waals surface area contributed by atoms with Gasteiger partial charge in [-0.2, -0.15) is 0 Å². The zero-order valence-corrected chi connectivity index (χ0v) is 32.5. The molecule has 12 aromatic rings. The largest absolute Gasteiger partial charge is 0.456 e. The van der Waals surface area contributed by atoms with Gasteiger partial charge in [-0.15, -0.1) is 0 Å². The lowest BCUT2D eigenvalue weighted by atomic mass is 9.91. The standard InChI is InChI=1S/C57H35N3O/c1-3-13-36(14-4-1)38-25-27-39(28-26-38)55-58-56(42-18-11-17-40(33-42)37-15-5-2-6-16-37)60-57(59-55)43-30-32-50-53(35-43)61-52-24-12-23-44(54(50)52)41-29-31-49-47-21-8-7-19-45(47)46-20-9-10-22-48(46)51(49)34-41/h1-35H/i12D,23D,24D,30D,32D,35D. The van der Waals surface area contributed by atoms with Crippen LogP contribution in [-0.4, -0.2) is 15.0 Å². The van der Waals surface area contributed by atoms with E-state index in [1.807, 2.05) is 152 Å². The normalized spacial score (nSPS) is 13.0. The summed E-state index contributed by atoms with van der Waals surface area (Å²) < 4.78 is 62.8. The van der Waals surface area contributed by atoms with Crippen LogP contribution in [0.2, 0.25) is 0 Å². The highest BCUT2D eigenvalue weighted by Crippen LogP contribution is 2.42. The van der Waals surface area contributed by atoms with Gasteiger partial charge in [0.15, 0.2) is 17.5 Å². The van der Waals surface area contributed by atoms with E-state index in [0.29, 0.717) is 28.3 Å². The van der Waals surface area contributed by atoms with Gasteiger partial charge in [-0.25, -0.2) is 15.0 Å². The Morgan fingerprint density at radius 2 is 0.836 bits per heavy atom. The van der Waals surface area contributed by atoms with E-state index >= 15 is 0 Å². The van der Waals surface area contributed by atoms with Gasteiger partial charge in [0.05, 0.1) is 8.22 Å². The van der Waals surface area contributed by atoms with Crippen molar-refractivity contribution < 1.29 is 12.6 Å². The second-order valence-electron chi connectivity index (χ2n) is 15.1. The van der Waals surface area contributed by atoms with Crippen molar-refractivity contribution in [2.24, 2.45) is 0 Å². The molecule has 0 saturated carbocycles. The van der Waals surface area contributed by atoms with Crippen molar-refractivity contribution in [3.05, 3.63) is 212 Å². The second-order valence-corrected chi connectivity index (χ2v) is 15.1. The maximum absolute atomic E-state index is 9.74. The molecule has 0 N–H and O–H groups in total. The van der Waals surface area contributed by atoms with Crippen molar-refractivity contribution in [3.8, 4) is 67.5 Å². The maximum Gasteiger partial charge on any atom is 0.164 e. The van der Waals surface area contributed by atoms with Crippen LogP contribution in [0.15, 0.2) is 217 Å². The van der Waals surface area contributed by atoms with Crippen LogP contribution in [0.4, 0.5) is 0 Å². The lowest BCUT2D eigenvalue weighted by Crippen LogP contribution is -2.00.